The van der Waals surface area contributed by atoms with Gasteiger partial charge in [0.25, 0.3) is 0 Å². The summed E-state index contributed by atoms with van der Waals surface area (Å²) in [6, 6.07) is 0. The third-order valence-electron chi connectivity index (χ3n) is 2.24. The predicted octanol–water partition coefficient (Wildman–Crippen LogP) is 3.16. The molecule has 1 aliphatic carbocycles. The summed E-state index contributed by atoms with van der Waals surface area (Å²) in [7, 11) is 0. The maximum Gasteiger partial charge on any atom is 0.312 e. The average molecular weight is 235 g/mol. The van der Waals surface area contributed by atoms with E-state index in [0.29, 0.717) is 11.5 Å². The van der Waals surface area contributed by atoms with Crippen LogP contribution in [0.15, 0.2) is 23.3 Å². The molecule has 2 unspecified atom stereocenters. The molecular formula is C10H12Cl2O2. The molecule has 0 aromatic rings. The summed E-state index contributed by atoms with van der Waals surface area (Å²) < 4.78 is 0. The Balaban J connectivity index is 2.97. The van der Waals surface area contributed by atoms with E-state index in [2.05, 4.69) is 0 Å². The van der Waals surface area contributed by atoms with Crippen molar-refractivity contribution in [2.24, 2.45) is 5.92 Å². The van der Waals surface area contributed by atoms with E-state index in [1.807, 2.05) is 6.92 Å². The van der Waals surface area contributed by atoms with Crippen LogP contribution in [0.2, 0.25) is 0 Å². The molecule has 0 bridgehead atoms. The topological polar surface area (TPSA) is 37.3 Å². The molecule has 0 fully saturated rings. The molecule has 0 radical (unpaired) electrons. The lowest BCUT2D eigenvalue weighted by atomic mass is 9.84. The summed E-state index contributed by atoms with van der Waals surface area (Å²) in [6.07, 6.45) is 6.18. The third-order valence-corrected chi connectivity index (χ3v) is 3.01. The number of aliphatic carboxylic acids is 1. The predicted molar refractivity (Wildman–Crippen MR) is 57.7 cm³/mol. The van der Waals surface area contributed by atoms with Gasteiger partial charge in [-0.15, -0.1) is 11.6 Å². The maximum atomic E-state index is 10.9. The first kappa shape index (κ1) is 11.6. The second-order valence-electron chi connectivity index (χ2n) is 3.38. The summed E-state index contributed by atoms with van der Waals surface area (Å²) in [6.45, 7) is 1.96. The minimum Gasteiger partial charge on any atom is -0.481 e. The third kappa shape index (κ3) is 2.31. The van der Waals surface area contributed by atoms with Crippen molar-refractivity contribution in [2.45, 2.75) is 24.6 Å². The fourth-order valence-electron chi connectivity index (χ4n) is 1.61. The van der Waals surface area contributed by atoms with Gasteiger partial charge in [0, 0.05) is 5.03 Å². The molecule has 0 aromatic carbocycles. The molecule has 1 N–H and O–H groups in total. The SMILES string of the molecule is CCCC1(Cl)C=C(Cl)C=CC1C(=O)O. The van der Waals surface area contributed by atoms with Crippen LogP contribution < -0.4 is 0 Å². The number of allylic oxidation sites excluding steroid dienone is 3. The van der Waals surface area contributed by atoms with Crippen molar-refractivity contribution < 1.29 is 9.90 Å². The molecule has 0 aromatic heterocycles. The molecule has 0 amide bonds. The van der Waals surface area contributed by atoms with Gasteiger partial charge in [0.05, 0.1) is 10.8 Å². The molecule has 1 aliphatic rings. The fraction of sp³-hybridized carbons (Fsp3) is 0.500. The Morgan fingerprint density at radius 2 is 2.36 bits per heavy atom. The van der Waals surface area contributed by atoms with Crippen LogP contribution in [0.25, 0.3) is 0 Å². The van der Waals surface area contributed by atoms with Gasteiger partial charge in [-0.3, -0.25) is 4.79 Å². The first-order valence-corrected chi connectivity index (χ1v) is 5.23. The highest BCUT2D eigenvalue weighted by Gasteiger charge is 2.39. The Hall–Kier alpha value is -0.470. The Kier molecular flexibility index (Phi) is 3.62. The average Bonchev–Trinajstić information content (AvgIpc) is 2.02. The molecule has 0 saturated heterocycles. The number of carbonyl (C=O) groups is 1. The molecule has 78 valence electrons. The Morgan fingerprint density at radius 1 is 1.71 bits per heavy atom. The number of halogens is 2. The maximum absolute atomic E-state index is 10.9. The molecule has 1 rings (SSSR count). The van der Waals surface area contributed by atoms with Crippen LogP contribution in [-0.4, -0.2) is 16.0 Å². The van der Waals surface area contributed by atoms with Gasteiger partial charge in [0.2, 0.25) is 0 Å². The number of carboxylic acids is 1. The van der Waals surface area contributed by atoms with Crippen molar-refractivity contribution >= 4 is 29.2 Å². The van der Waals surface area contributed by atoms with Gasteiger partial charge in [-0.1, -0.05) is 31.0 Å². The molecule has 0 saturated carbocycles. The minimum atomic E-state index is -0.912. The number of alkyl halides is 1. The zero-order chi connectivity index (χ0) is 10.8. The van der Waals surface area contributed by atoms with E-state index in [1.54, 1.807) is 18.2 Å². The summed E-state index contributed by atoms with van der Waals surface area (Å²) in [5.74, 6) is -1.60. The van der Waals surface area contributed by atoms with E-state index >= 15 is 0 Å². The molecular weight excluding hydrogens is 223 g/mol. The lowest BCUT2D eigenvalue weighted by molar-refractivity contribution is -0.140. The summed E-state index contributed by atoms with van der Waals surface area (Å²) in [4.78, 5) is 10.1. The van der Waals surface area contributed by atoms with E-state index in [-0.39, 0.29) is 0 Å². The minimum absolute atomic E-state index is 0.506. The second kappa shape index (κ2) is 4.37. The summed E-state index contributed by atoms with van der Waals surface area (Å²) >= 11 is 12.0. The second-order valence-corrected chi connectivity index (χ2v) is 4.52. The van der Waals surface area contributed by atoms with Crippen molar-refractivity contribution in [1.29, 1.82) is 0 Å². The van der Waals surface area contributed by atoms with Crippen molar-refractivity contribution in [3.05, 3.63) is 23.3 Å². The lowest BCUT2D eigenvalue weighted by Crippen LogP contribution is -2.36. The molecule has 2 atom stereocenters. The zero-order valence-electron chi connectivity index (χ0n) is 7.84. The highest BCUT2D eigenvalue weighted by molar-refractivity contribution is 6.34. The van der Waals surface area contributed by atoms with Gasteiger partial charge >= 0.3 is 5.97 Å². The first-order valence-electron chi connectivity index (χ1n) is 4.48. The number of hydrogen-bond acceptors (Lipinski definition) is 1. The van der Waals surface area contributed by atoms with Crippen LogP contribution in [0.4, 0.5) is 0 Å². The Morgan fingerprint density at radius 3 is 2.86 bits per heavy atom. The fourth-order valence-corrected chi connectivity index (χ4v) is 2.41. The smallest absolute Gasteiger partial charge is 0.312 e. The van der Waals surface area contributed by atoms with Gasteiger partial charge in [-0.25, -0.2) is 0 Å². The van der Waals surface area contributed by atoms with E-state index in [4.69, 9.17) is 28.3 Å². The van der Waals surface area contributed by atoms with E-state index in [1.165, 1.54) is 0 Å². The monoisotopic (exact) mass is 234 g/mol. The zero-order valence-corrected chi connectivity index (χ0v) is 9.35. The molecule has 0 spiro atoms. The van der Waals surface area contributed by atoms with Gasteiger partial charge in [0.15, 0.2) is 0 Å². The van der Waals surface area contributed by atoms with Crippen LogP contribution in [0.5, 0.6) is 0 Å². The Labute approximate surface area is 93.2 Å². The molecule has 2 nitrogen and oxygen atoms in total. The normalized spacial score (nSPS) is 31.4. The highest BCUT2D eigenvalue weighted by Crippen LogP contribution is 2.38. The quantitative estimate of drug-likeness (QED) is 0.763. The molecule has 0 heterocycles. The summed E-state index contributed by atoms with van der Waals surface area (Å²) in [5, 5.41) is 9.48. The van der Waals surface area contributed by atoms with Gasteiger partial charge in [0.1, 0.15) is 0 Å². The van der Waals surface area contributed by atoms with E-state index in [9.17, 15) is 4.79 Å². The highest BCUT2D eigenvalue weighted by atomic mass is 35.5. The van der Waals surface area contributed by atoms with Crippen molar-refractivity contribution in [3.63, 3.8) is 0 Å². The molecule has 0 aliphatic heterocycles. The molecule has 4 heteroatoms. The molecule has 14 heavy (non-hydrogen) atoms. The largest absolute Gasteiger partial charge is 0.481 e. The van der Waals surface area contributed by atoms with Crippen LogP contribution in [0.1, 0.15) is 19.8 Å². The standard InChI is InChI=1S/C10H12Cl2O2/c1-2-5-10(12)6-7(11)3-4-8(10)9(13)14/h3-4,6,8H,2,5H2,1H3,(H,13,14). The number of carboxylic acid groups (broad SMARTS) is 1. The number of hydrogen-bond donors (Lipinski definition) is 1. The van der Waals surface area contributed by atoms with Gasteiger partial charge < -0.3 is 5.11 Å². The van der Waals surface area contributed by atoms with Gasteiger partial charge in [-0.05, 0) is 18.6 Å². The van der Waals surface area contributed by atoms with Gasteiger partial charge in [-0.2, -0.15) is 0 Å². The van der Waals surface area contributed by atoms with Crippen LogP contribution in [0.3, 0.4) is 0 Å². The lowest BCUT2D eigenvalue weighted by Gasteiger charge is -2.30. The summed E-state index contributed by atoms with van der Waals surface area (Å²) in [5.41, 5.74) is 0. The van der Waals surface area contributed by atoms with E-state index in [0.717, 1.165) is 6.42 Å². The van der Waals surface area contributed by atoms with Crippen LogP contribution in [0, 0.1) is 5.92 Å². The van der Waals surface area contributed by atoms with Crippen LogP contribution in [-0.2, 0) is 4.79 Å². The van der Waals surface area contributed by atoms with Crippen LogP contribution >= 0.6 is 23.2 Å². The van der Waals surface area contributed by atoms with E-state index < -0.39 is 16.8 Å². The van der Waals surface area contributed by atoms with Crippen molar-refractivity contribution in [1.82, 2.24) is 0 Å². The van der Waals surface area contributed by atoms with Crippen molar-refractivity contribution in [2.75, 3.05) is 0 Å². The first-order chi connectivity index (χ1) is 6.49. The number of rotatable bonds is 3. The Bertz CT molecular complexity index is 296. The van der Waals surface area contributed by atoms with Crippen molar-refractivity contribution in [3.8, 4) is 0 Å².